The van der Waals surface area contributed by atoms with Crippen LogP contribution in [0.5, 0.6) is 0 Å². The highest BCUT2D eigenvalue weighted by atomic mass is 16.4. The number of carbonyl (C=O) groups excluding carboxylic acids is 3. The molecular formula is C23H45N11O5. The van der Waals surface area contributed by atoms with Crippen molar-refractivity contribution in [2.45, 2.75) is 82.0 Å². The number of carboxylic acids is 1. The van der Waals surface area contributed by atoms with Gasteiger partial charge in [0, 0.05) is 19.6 Å². The largest absolute Gasteiger partial charge is 0.480 e. The fourth-order valence-electron chi connectivity index (χ4n) is 4.22. The average Bonchev–Trinajstić information content (AvgIpc) is 3.36. The minimum atomic E-state index is -1.24. The van der Waals surface area contributed by atoms with Crippen molar-refractivity contribution in [2.24, 2.45) is 44.4 Å². The normalized spacial score (nSPS) is 17.0. The Labute approximate surface area is 228 Å². The van der Waals surface area contributed by atoms with E-state index in [0.717, 1.165) is 6.42 Å². The smallest absolute Gasteiger partial charge is 0.326 e. The number of guanidine groups is 2. The molecule has 0 aliphatic carbocycles. The number of aliphatic carboxylic acids is 1. The molecule has 39 heavy (non-hydrogen) atoms. The molecule has 16 heteroatoms. The van der Waals surface area contributed by atoms with Crippen LogP contribution >= 0.6 is 0 Å². The quantitative estimate of drug-likeness (QED) is 0.0456. The van der Waals surface area contributed by atoms with E-state index in [-0.39, 0.29) is 43.8 Å². The van der Waals surface area contributed by atoms with Crippen LogP contribution in [-0.2, 0) is 19.2 Å². The summed E-state index contributed by atoms with van der Waals surface area (Å²) in [6.07, 6.45) is 3.76. The third-order valence-electron chi connectivity index (χ3n) is 6.26. The van der Waals surface area contributed by atoms with Crippen molar-refractivity contribution in [1.29, 1.82) is 0 Å². The zero-order valence-corrected chi connectivity index (χ0v) is 22.4. The molecule has 3 amide bonds. The molecule has 1 heterocycles. The number of hydrogen-bond acceptors (Lipinski definition) is 8. The molecule has 4 atom stereocenters. The summed E-state index contributed by atoms with van der Waals surface area (Å²) < 4.78 is 0. The first-order chi connectivity index (χ1) is 18.5. The fourth-order valence-corrected chi connectivity index (χ4v) is 4.22. The van der Waals surface area contributed by atoms with Crippen molar-refractivity contribution in [3.63, 3.8) is 0 Å². The molecule has 0 bridgehead atoms. The number of aliphatic imine (C=N–C) groups is 2. The first-order valence-corrected chi connectivity index (χ1v) is 13.2. The molecule has 0 aromatic carbocycles. The van der Waals surface area contributed by atoms with Crippen molar-refractivity contribution < 1.29 is 24.3 Å². The molecule has 16 nitrogen and oxygen atoms in total. The lowest BCUT2D eigenvalue weighted by Crippen LogP contribution is -2.56. The van der Waals surface area contributed by atoms with E-state index in [1.807, 2.05) is 0 Å². The Hall–Kier alpha value is -3.66. The van der Waals surface area contributed by atoms with Crippen molar-refractivity contribution in [1.82, 2.24) is 15.5 Å². The van der Waals surface area contributed by atoms with Gasteiger partial charge in [0.25, 0.3) is 0 Å². The van der Waals surface area contributed by atoms with Crippen LogP contribution in [0.25, 0.3) is 0 Å². The summed E-state index contributed by atoms with van der Waals surface area (Å²) in [5, 5.41) is 14.7. The summed E-state index contributed by atoms with van der Waals surface area (Å²) in [5.41, 5.74) is 32.8. The number of hydrogen-bond donors (Lipinski definition) is 9. The summed E-state index contributed by atoms with van der Waals surface area (Å²) in [5.74, 6) is -3.01. The van der Waals surface area contributed by atoms with Crippen LogP contribution < -0.4 is 45.0 Å². The van der Waals surface area contributed by atoms with E-state index in [9.17, 15) is 24.3 Å². The van der Waals surface area contributed by atoms with Crippen molar-refractivity contribution in [2.75, 3.05) is 26.2 Å². The number of carbonyl (C=O) groups is 4. The third kappa shape index (κ3) is 12.6. The number of nitrogens with two attached hydrogens (primary N) is 6. The van der Waals surface area contributed by atoms with Crippen LogP contribution in [0.4, 0.5) is 0 Å². The summed E-state index contributed by atoms with van der Waals surface area (Å²) >= 11 is 0. The van der Waals surface area contributed by atoms with Gasteiger partial charge in [-0.05, 0) is 57.9 Å². The van der Waals surface area contributed by atoms with E-state index < -0.39 is 42.0 Å². The van der Waals surface area contributed by atoms with Gasteiger partial charge in [-0.25, -0.2) is 4.79 Å². The van der Waals surface area contributed by atoms with Crippen LogP contribution in [0.15, 0.2) is 9.98 Å². The molecule has 4 unspecified atom stereocenters. The second-order valence-electron chi connectivity index (χ2n) is 9.44. The molecule has 1 aliphatic rings. The molecule has 15 N–H and O–H groups in total. The lowest BCUT2D eigenvalue weighted by molar-refractivity contribution is -0.143. The van der Waals surface area contributed by atoms with E-state index in [0.29, 0.717) is 51.6 Å². The first kappa shape index (κ1) is 33.4. The van der Waals surface area contributed by atoms with E-state index in [2.05, 4.69) is 20.6 Å². The highest BCUT2D eigenvalue weighted by Crippen LogP contribution is 2.20. The molecule has 0 aromatic rings. The predicted octanol–water partition coefficient (Wildman–Crippen LogP) is -3.40. The van der Waals surface area contributed by atoms with Gasteiger partial charge in [0.1, 0.15) is 18.1 Å². The third-order valence-corrected chi connectivity index (χ3v) is 6.26. The second kappa shape index (κ2) is 17.8. The van der Waals surface area contributed by atoms with Gasteiger partial charge in [0.2, 0.25) is 17.7 Å². The number of carboxylic acid groups (broad SMARTS) is 1. The van der Waals surface area contributed by atoms with E-state index in [1.54, 1.807) is 0 Å². The van der Waals surface area contributed by atoms with Crippen LogP contribution in [0, 0.1) is 0 Å². The van der Waals surface area contributed by atoms with Gasteiger partial charge in [0.05, 0.1) is 6.04 Å². The van der Waals surface area contributed by atoms with Crippen LogP contribution in [0.3, 0.4) is 0 Å². The number of likely N-dealkylation sites (tertiary alicyclic amines) is 1. The zero-order valence-electron chi connectivity index (χ0n) is 22.4. The number of rotatable bonds is 18. The molecule has 1 fully saturated rings. The van der Waals surface area contributed by atoms with Crippen molar-refractivity contribution >= 4 is 35.6 Å². The Bertz CT molecular complexity index is 875. The summed E-state index contributed by atoms with van der Waals surface area (Å²) in [6.45, 7) is 1.27. The van der Waals surface area contributed by atoms with Gasteiger partial charge in [-0.15, -0.1) is 0 Å². The van der Waals surface area contributed by atoms with Gasteiger partial charge >= 0.3 is 5.97 Å². The van der Waals surface area contributed by atoms with Gasteiger partial charge in [-0.1, -0.05) is 6.42 Å². The van der Waals surface area contributed by atoms with Gasteiger partial charge < -0.3 is 55.0 Å². The summed E-state index contributed by atoms with van der Waals surface area (Å²) in [6, 6.07) is -3.85. The monoisotopic (exact) mass is 555 g/mol. The predicted molar refractivity (Wildman–Crippen MR) is 147 cm³/mol. The van der Waals surface area contributed by atoms with Gasteiger partial charge in [0.15, 0.2) is 11.9 Å². The topological polar surface area (TPSA) is 297 Å². The Balaban J connectivity index is 2.92. The highest BCUT2D eigenvalue weighted by Gasteiger charge is 2.37. The zero-order chi connectivity index (χ0) is 29.4. The summed E-state index contributed by atoms with van der Waals surface area (Å²) in [4.78, 5) is 60.1. The SMILES string of the molecule is NCCCCC(N)C(=O)N1CCCC1C(=O)NC(CCCN=C(N)N)C(=O)NC(CCCN=C(N)N)C(=O)O. The van der Waals surface area contributed by atoms with E-state index in [1.165, 1.54) is 4.90 Å². The lowest BCUT2D eigenvalue weighted by atomic mass is 10.1. The fraction of sp³-hybridized carbons (Fsp3) is 0.739. The molecule has 0 spiro atoms. The molecule has 0 radical (unpaired) electrons. The maximum Gasteiger partial charge on any atom is 0.326 e. The van der Waals surface area contributed by atoms with Crippen molar-refractivity contribution in [3.05, 3.63) is 0 Å². The Morgan fingerprint density at radius 2 is 1.46 bits per heavy atom. The summed E-state index contributed by atoms with van der Waals surface area (Å²) in [7, 11) is 0. The first-order valence-electron chi connectivity index (χ1n) is 13.2. The van der Waals surface area contributed by atoms with Crippen LogP contribution in [-0.4, -0.2) is 96.0 Å². The molecule has 1 rings (SSSR count). The Morgan fingerprint density at radius 1 is 0.872 bits per heavy atom. The minimum absolute atomic E-state index is 0.0689. The van der Waals surface area contributed by atoms with Crippen molar-refractivity contribution in [3.8, 4) is 0 Å². The number of unbranched alkanes of at least 4 members (excludes halogenated alkanes) is 1. The molecular weight excluding hydrogens is 510 g/mol. The number of nitrogens with one attached hydrogen (secondary N) is 2. The molecule has 222 valence electrons. The maximum atomic E-state index is 13.2. The molecule has 1 aliphatic heterocycles. The average molecular weight is 556 g/mol. The number of nitrogens with zero attached hydrogens (tertiary/aromatic N) is 3. The number of amides is 3. The maximum absolute atomic E-state index is 13.2. The Kier molecular flexibility index (Phi) is 15.2. The molecule has 0 aromatic heterocycles. The molecule has 0 saturated carbocycles. The highest BCUT2D eigenvalue weighted by molar-refractivity contribution is 5.94. The van der Waals surface area contributed by atoms with E-state index in [4.69, 9.17) is 34.4 Å². The van der Waals surface area contributed by atoms with E-state index >= 15 is 0 Å². The standard InChI is InChI=1S/C23H45N11O5/c24-10-2-1-6-14(25)20(37)34-13-5-9-17(34)19(36)32-15(7-3-11-30-22(26)27)18(35)33-16(21(38)39)8-4-12-31-23(28)29/h14-17H,1-13,24-25H2,(H,32,36)(H,33,35)(H,38,39)(H4,26,27,30)(H4,28,29,31). The van der Waals surface area contributed by atoms with Crippen LogP contribution in [0.2, 0.25) is 0 Å². The van der Waals surface area contributed by atoms with Gasteiger partial charge in [-0.3, -0.25) is 24.4 Å². The second-order valence-corrected chi connectivity index (χ2v) is 9.44. The minimum Gasteiger partial charge on any atom is -0.480 e. The lowest BCUT2D eigenvalue weighted by Gasteiger charge is -2.28. The van der Waals surface area contributed by atoms with Gasteiger partial charge in [-0.2, -0.15) is 0 Å². The van der Waals surface area contributed by atoms with Crippen LogP contribution in [0.1, 0.15) is 57.8 Å². The Morgan fingerprint density at radius 3 is 2.00 bits per heavy atom. The molecule has 1 saturated heterocycles.